The number of aromatic nitrogens is 4. The quantitative estimate of drug-likeness (QED) is 0.326. The molecule has 5 rings (SSSR count). The molecule has 2 heterocycles. The summed E-state index contributed by atoms with van der Waals surface area (Å²) >= 11 is 1.51. The minimum atomic E-state index is 0.753. The smallest absolute Gasteiger partial charge is 0.235 e. The summed E-state index contributed by atoms with van der Waals surface area (Å²) in [4.78, 5) is 0.775. The van der Waals surface area contributed by atoms with Gasteiger partial charge in [-0.1, -0.05) is 77.1 Å². The Morgan fingerprint density at radius 3 is 2.03 bits per heavy atom. The number of hydrogen-bond acceptors (Lipinski definition) is 5. The lowest BCUT2D eigenvalue weighted by molar-refractivity contribution is 0.482. The van der Waals surface area contributed by atoms with Crippen molar-refractivity contribution in [2.24, 2.45) is 0 Å². The molecule has 0 bridgehead atoms. The molecule has 0 amide bonds. The predicted octanol–water partition coefficient (Wildman–Crippen LogP) is 6.43. The standard InChI is InChI=1S/C25H20N4OS/c1-17-3-10-20(11-4-17)24-26-27-25-29(24)28-23(31-25)16-9-19-7-14-22(15-8-19)30-21-12-5-18(2)6-13-21/h3-16H,1-2H3/b16-9+. The lowest BCUT2D eigenvalue weighted by Crippen LogP contribution is -1.90. The monoisotopic (exact) mass is 424 g/mol. The summed E-state index contributed by atoms with van der Waals surface area (Å²) in [5.74, 6) is 2.39. The van der Waals surface area contributed by atoms with Crippen molar-refractivity contribution in [3.8, 4) is 22.9 Å². The van der Waals surface area contributed by atoms with E-state index in [0.717, 1.165) is 38.4 Å². The Morgan fingerprint density at radius 1 is 0.742 bits per heavy atom. The van der Waals surface area contributed by atoms with Gasteiger partial charge in [0.1, 0.15) is 16.5 Å². The van der Waals surface area contributed by atoms with Crippen LogP contribution in [0.3, 0.4) is 0 Å². The first-order valence-corrected chi connectivity index (χ1v) is 10.8. The molecule has 5 aromatic rings. The molecule has 3 aromatic carbocycles. The second-order valence-electron chi connectivity index (χ2n) is 7.34. The van der Waals surface area contributed by atoms with E-state index < -0.39 is 0 Å². The van der Waals surface area contributed by atoms with Crippen LogP contribution in [-0.4, -0.2) is 19.8 Å². The summed E-state index contributed by atoms with van der Waals surface area (Å²) in [6.45, 7) is 4.13. The van der Waals surface area contributed by atoms with Gasteiger partial charge in [0.05, 0.1) is 0 Å². The molecule has 152 valence electrons. The molecule has 0 saturated heterocycles. The molecule has 0 fully saturated rings. The maximum Gasteiger partial charge on any atom is 0.235 e. The van der Waals surface area contributed by atoms with Crippen LogP contribution >= 0.6 is 11.3 Å². The lowest BCUT2D eigenvalue weighted by atomic mass is 10.1. The van der Waals surface area contributed by atoms with Crippen LogP contribution in [0.25, 0.3) is 28.5 Å². The van der Waals surface area contributed by atoms with Crippen LogP contribution in [0.5, 0.6) is 11.5 Å². The number of fused-ring (bicyclic) bond motifs is 1. The van der Waals surface area contributed by atoms with Gasteiger partial charge in [-0.15, -0.1) is 10.2 Å². The maximum absolute atomic E-state index is 5.89. The van der Waals surface area contributed by atoms with Crippen molar-refractivity contribution in [3.05, 3.63) is 94.5 Å². The fourth-order valence-corrected chi connectivity index (χ4v) is 3.88. The van der Waals surface area contributed by atoms with Gasteiger partial charge in [0.15, 0.2) is 5.82 Å². The molecular weight excluding hydrogens is 404 g/mol. The van der Waals surface area contributed by atoms with Crippen molar-refractivity contribution < 1.29 is 4.74 Å². The van der Waals surface area contributed by atoms with Crippen LogP contribution in [0, 0.1) is 13.8 Å². The van der Waals surface area contributed by atoms with Gasteiger partial charge in [-0.05, 0) is 49.8 Å². The third-order valence-corrected chi connectivity index (χ3v) is 5.74. The van der Waals surface area contributed by atoms with Gasteiger partial charge in [0.25, 0.3) is 0 Å². The molecule has 0 atom stereocenters. The largest absolute Gasteiger partial charge is 0.457 e. The number of ether oxygens (including phenoxy) is 1. The van der Waals surface area contributed by atoms with E-state index in [1.807, 2.05) is 72.8 Å². The number of hydrogen-bond donors (Lipinski definition) is 0. The average Bonchev–Trinajstić information content (AvgIpc) is 3.36. The third kappa shape index (κ3) is 4.25. The van der Waals surface area contributed by atoms with E-state index in [4.69, 9.17) is 4.74 Å². The molecule has 0 aliphatic heterocycles. The summed E-state index contributed by atoms with van der Waals surface area (Å²) < 4.78 is 7.69. The van der Waals surface area contributed by atoms with Crippen LogP contribution < -0.4 is 4.74 Å². The highest BCUT2D eigenvalue weighted by Gasteiger charge is 2.12. The fourth-order valence-electron chi connectivity index (χ4n) is 3.14. The predicted molar refractivity (Wildman–Crippen MR) is 125 cm³/mol. The highest BCUT2D eigenvalue weighted by molar-refractivity contribution is 7.17. The topological polar surface area (TPSA) is 52.3 Å². The van der Waals surface area contributed by atoms with Crippen molar-refractivity contribution in [2.75, 3.05) is 0 Å². The van der Waals surface area contributed by atoms with Crippen LogP contribution in [-0.2, 0) is 0 Å². The highest BCUT2D eigenvalue weighted by Crippen LogP contribution is 2.25. The van der Waals surface area contributed by atoms with Crippen LogP contribution in [0.1, 0.15) is 21.7 Å². The minimum Gasteiger partial charge on any atom is -0.457 e. The SMILES string of the molecule is Cc1ccc(Oc2ccc(/C=C/c3nn4c(-c5ccc(C)cc5)nnc4s3)cc2)cc1. The van der Waals surface area contributed by atoms with E-state index in [0.29, 0.717) is 0 Å². The van der Waals surface area contributed by atoms with E-state index >= 15 is 0 Å². The number of aryl methyl sites for hydroxylation is 2. The molecular formula is C25H20N4OS. The van der Waals surface area contributed by atoms with Crippen molar-refractivity contribution in [2.45, 2.75) is 13.8 Å². The third-order valence-electron chi connectivity index (χ3n) is 4.87. The summed E-state index contributed by atoms with van der Waals surface area (Å²) in [6, 6.07) is 24.2. The molecule has 2 aromatic heterocycles. The Bertz CT molecular complexity index is 1350. The fraction of sp³-hybridized carbons (Fsp3) is 0.0800. The first-order chi connectivity index (χ1) is 15.1. The van der Waals surface area contributed by atoms with Gasteiger partial charge in [-0.25, -0.2) is 0 Å². The summed E-state index contributed by atoms with van der Waals surface area (Å²) in [5, 5.41) is 14.1. The van der Waals surface area contributed by atoms with Crippen LogP contribution in [0.15, 0.2) is 72.8 Å². The van der Waals surface area contributed by atoms with Crippen molar-refractivity contribution >= 4 is 28.4 Å². The second kappa shape index (κ2) is 8.16. The molecule has 0 unspecified atom stereocenters. The Hall–Kier alpha value is -3.77. The Morgan fingerprint density at radius 2 is 1.35 bits per heavy atom. The molecule has 5 nitrogen and oxygen atoms in total. The number of nitrogens with zero attached hydrogens (tertiary/aromatic N) is 4. The molecule has 31 heavy (non-hydrogen) atoms. The van der Waals surface area contributed by atoms with E-state index in [1.54, 1.807) is 4.52 Å². The number of benzene rings is 3. The van der Waals surface area contributed by atoms with E-state index in [9.17, 15) is 0 Å². The van der Waals surface area contributed by atoms with Crippen molar-refractivity contribution in [1.29, 1.82) is 0 Å². The summed E-state index contributed by atoms with van der Waals surface area (Å²) in [5.41, 5.74) is 4.50. The molecule has 0 aliphatic rings. The zero-order valence-corrected chi connectivity index (χ0v) is 18.0. The zero-order chi connectivity index (χ0) is 21.2. The maximum atomic E-state index is 5.89. The summed E-state index contributed by atoms with van der Waals surface area (Å²) in [7, 11) is 0. The molecule has 0 radical (unpaired) electrons. The lowest BCUT2D eigenvalue weighted by Gasteiger charge is -2.06. The van der Waals surface area contributed by atoms with E-state index in [1.165, 1.54) is 22.5 Å². The zero-order valence-electron chi connectivity index (χ0n) is 17.2. The van der Waals surface area contributed by atoms with Crippen LogP contribution in [0.4, 0.5) is 0 Å². The van der Waals surface area contributed by atoms with E-state index in [-0.39, 0.29) is 0 Å². The molecule has 0 N–H and O–H groups in total. The van der Waals surface area contributed by atoms with Gasteiger partial charge in [-0.2, -0.15) is 9.61 Å². The van der Waals surface area contributed by atoms with Crippen LogP contribution in [0.2, 0.25) is 0 Å². The van der Waals surface area contributed by atoms with E-state index in [2.05, 4.69) is 41.3 Å². The van der Waals surface area contributed by atoms with Crippen molar-refractivity contribution in [3.63, 3.8) is 0 Å². The normalized spacial score (nSPS) is 11.4. The Balaban J connectivity index is 1.32. The van der Waals surface area contributed by atoms with Gasteiger partial charge in [0, 0.05) is 5.56 Å². The van der Waals surface area contributed by atoms with Gasteiger partial charge in [0.2, 0.25) is 4.96 Å². The highest BCUT2D eigenvalue weighted by atomic mass is 32.1. The molecule has 0 saturated carbocycles. The summed E-state index contributed by atoms with van der Waals surface area (Å²) in [6.07, 6.45) is 4.03. The van der Waals surface area contributed by atoms with Gasteiger partial charge in [-0.3, -0.25) is 0 Å². The molecule has 6 heteroatoms. The van der Waals surface area contributed by atoms with Crippen molar-refractivity contribution in [1.82, 2.24) is 19.8 Å². The Labute approximate surface area is 184 Å². The van der Waals surface area contributed by atoms with Gasteiger partial charge < -0.3 is 4.74 Å². The average molecular weight is 425 g/mol. The minimum absolute atomic E-state index is 0.753. The first-order valence-electron chi connectivity index (χ1n) is 9.96. The van der Waals surface area contributed by atoms with Gasteiger partial charge >= 0.3 is 0 Å². The Kier molecular flexibility index (Phi) is 5.06. The number of rotatable bonds is 5. The molecule has 0 spiro atoms. The second-order valence-corrected chi connectivity index (χ2v) is 8.33. The first kappa shape index (κ1) is 19.2. The molecule has 0 aliphatic carbocycles.